The fourth-order valence-corrected chi connectivity index (χ4v) is 2.53. The summed E-state index contributed by atoms with van der Waals surface area (Å²) in [4.78, 5) is 13.8. The lowest BCUT2D eigenvalue weighted by atomic mass is 10.0. The van der Waals surface area contributed by atoms with Crippen molar-refractivity contribution in [1.29, 1.82) is 0 Å². The monoisotopic (exact) mass is 247 g/mol. The van der Waals surface area contributed by atoms with Crippen LogP contribution in [0.25, 0.3) is 0 Å². The van der Waals surface area contributed by atoms with Crippen LogP contribution in [0.1, 0.15) is 47.7 Å². The Morgan fingerprint density at radius 1 is 1.28 bits per heavy atom. The molecule has 1 saturated heterocycles. The zero-order valence-corrected chi connectivity index (χ0v) is 11.2. The third-order valence-electron chi connectivity index (χ3n) is 3.63. The summed E-state index contributed by atoms with van der Waals surface area (Å²) < 4.78 is 0. The van der Waals surface area contributed by atoms with Gasteiger partial charge in [0, 0.05) is 17.7 Å². The zero-order chi connectivity index (χ0) is 13.1. The quantitative estimate of drug-likeness (QED) is 0.835. The van der Waals surface area contributed by atoms with Crippen LogP contribution in [0.15, 0.2) is 12.1 Å². The molecule has 0 radical (unpaired) electrons. The molecule has 98 valence electrons. The maximum absolute atomic E-state index is 11.5. The average molecular weight is 247 g/mol. The summed E-state index contributed by atoms with van der Waals surface area (Å²) >= 11 is 0. The number of hydrogen-bond acceptors (Lipinski definition) is 3. The fraction of sp³-hybridized carbons (Fsp3) is 0.533. The van der Waals surface area contributed by atoms with Crippen molar-refractivity contribution >= 4 is 5.78 Å². The van der Waals surface area contributed by atoms with Gasteiger partial charge in [0.05, 0.1) is 0 Å². The van der Waals surface area contributed by atoms with E-state index in [0.29, 0.717) is 11.3 Å². The van der Waals surface area contributed by atoms with Crippen molar-refractivity contribution in [2.24, 2.45) is 0 Å². The van der Waals surface area contributed by atoms with Gasteiger partial charge in [-0.1, -0.05) is 6.42 Å². The smallest absolute Gasteiger partial charge is 0.159 e. The first kappa shape index (κ1) is 13.1. The molecule has 0 unspecified atom stereocenters. The number of carbonyl (C=O) groups is 1. The highest BCUT2D eigenvalue weighted by atomic mass is 16.3. The van der Waals surface area contributed by atoms with Crippen molar-refractivity contribution in [2.45, 2.75) is 39.7 Å². The molecule has 1 aliphatic heterocycles. The molecule has 1 aliphatic rings. The summed E-state index contributed by atoms with van der Waals surface area (Å²) in [7, 11) is 0. The van der Waals surface area contributed by atoms with Crippen molar-refractivity contribution < 1.29 is 9.90 Å². The third kappa shape index (κ3) is 2.91. The van der Waals surface area contributed by atoms with E-state index in [1.807, 2.05) is 13.0 Å². The fourth-order valence-electron chi connectivity index (χ4n) is 2.53. The first-order chi connectivity index (χ1) is 8.58. The number of phenols is 1. The van der Waals surface area contributed by atoms with Gasteiger partial charge in [0.15, 0.2) is 5.78 Å². The molecule has 0 spiro atoms. The second kappa shape index (κ2) is 5.53. The molecular formula is C15H21NO2. The average Bonchev–Trinajstić information content (AvgIpc) is 2.35. The summed E-state index contributed by atoms with van der Waals surface area (Å²) in [6, 6.07) is 3.59. The second-order valence-electron chi connectivity index (χ2n) is 5.19. The molecule has 1 N–H and O–H groups in total. The van der Waals surface area contributed by atoms with Gasteiger partial charge in [-0.25, -0.2) is 0 Å². The molecule has 1 fully saturated rings. The Balaban J connectivity index is 2.22. The van der Waals surface area contributed by atoms with E-state index in [2.05, 4.69) is 4.90 Å². The number of rotatable bonds is 3. The van der Waals surface area contributed by atoms with Gasteiger partial charge in [0.1, 0.15) is 5.75 Å². The molecule has 0 saturated carbocycles. The Morgan fingerprint density at radius 2 is 1.94 bits per heavy atom. The molecule has 3 heteroatoms. The van der Waals surface area contributed by atoms with Gasteiger partial charge in [-0.05, 0) is 57.5 Å². The van der Waals surface area contributed by atoms with E-state index in [4.69, 9.17) is 0 Å². The van der Waals surface area contributed by atoms with E-state index >= 15 is 0 Å². The molecule has 0 aromatic heterocycles. The van der Waals surface area contributed by atoms with Crippen LogP contribution in [0, 0.1) is 6.92 Å². The highest BCUT2D eigenvalue weighted by Gasteiger charge is 2.15. The summed E-state index contributed by atoms with van der Waals surface area (Å²) in [5, 5.41) is 10.1. The highest BCUT2D eigenvalue weighted by Crippen LogP contribution is 2.26. The van der Waals surface area contributed by atoms with Gasteiger partial charge in [-0.15, -0.1) is 0 Å². The minimum atomic E-state index is 0.0537. The van der Waals surface area contributed by atoms with Crippen LogP contribution < -0.4 is 0 Å². The Labute approximate surface area is 108 Å². The van der Waals surface area contributed by atoms with Crippen LogP contribution in [-0.2, 0) is 6.54 Å². The number of aryl methyl sites for hydroxylation is 1. The maximum atomic E-state index is 11.5. The Morgan fingerprint density at radius 3 is 2.56 bits per heavy atom. The van der Waals surface area contributed by atoms with Gasteiger partial charge >= 0.3 is 0 Å². The molecule has 1 aromatic carbocycles. The first-order valence-corrected chi connectivity index (χ1v) is 6.63. The number of likely N-dealkylation sites (tertiary alicyclic amines) is 1. The van der Waals surface area contributed by atoms with Crippen LogP contribution in [0.5, 0.6) is 5.75 Å². The molecular weight excluding hydrogens is 226 g/mol. The van der Waals surface area contributed by atoms with E-state index in [1.165, 1.54) is 19.3 Å². The minimum absolute atomic E-state index is 0.0537. The molecule has 0 amide bonds. The SMILES string of the molecule is CC(=O)c1cc(C)c(O)c(CN2CCCCC2)c1. The predicted octanol–water partition coefficient (Wildman–Crippen LogP) is 2.89. The number of carbonyl (C=O) groups excluding carboxylic acids is 1. The lowest BCUT2D eigenvalue weighted by Gasteiger charge is -2.27. The minimum Gasteiger partial charge on any atom is -0.507 e. The van der Waals surface area contributed by atoms with Crippen molar-refractivity contribution in [3.8, 4) is 5.75 Å². The Hall–Kier alpha value is -1.35. The number of nitrogens with zero attached hydrogens (tertiary/aromatic N) is 1. The molecule has 18 heavy (non-hydrogen) atoms. The number of ketones is 1. The van der Waals surface area contributed by atoms with Crippen LogP contribution in [0.2, 0.25) is 0 Å². The standard InChI is InChI=1S/C15H21NO2/c1-11-8-13(12(2)17)9-14(15(11)18)10-16-6-4-3-5-7-16/h8-9,18H,3-7,10H2,1-2H3. The zero-order valence-electron chi connectivity index (χ0n) is 11.2. The number of benzene rings is 1. The Bertz CT molecular complexity index is 448. The van der Waals surface area contributed by atoms with Crippen LogP contribution >= 0.6 is 0 Å². The van der Waals surface area contributed by atoms with Gasteiger partial charge in [0.2, 0.25) is 0 Å². The van der Waals surface area contributed by atoms with Crippen LogP contribution in [0.3, 0.4) is 0 Å². The lowest BCUT2D eigenvalue weighted by molar-refractivity contribution is 0.101. The van der Waals surface area contributed by atoms with E-state index in [-0.39, 0.29) is 5.78 Å². The summed E-state index contributed by atoms with van der Waals surface area (Å²) in [6.07, 6.45) is 3.76. The van der Waals surface area contributed by atoms with Gasteiger partial charge in [0.25, 0.3) is 0 Å². The summed E-state index contributed by atoms with van der Waals surface area (Å²) in [5.74, 6) is 0.392. The summed E-state index contributed by atoms with van der Waals surface area (Å²) in [6.45, 7) is 6.33. The van der Waals surface area contributed by atoms with Crippen molar-refractivity contribution in [2.75, 3.05) is 13.1 Å². The second-order valence-corrected chi connectivity index (χ2v) is 5.19. The molecule has 1 aromatic rings. The van der Waals surface area contributed by atoms with Gasteiger partial charge < -0.3 is 5.11 Å². The molecule has 0 aliphatic carbocycles. The van der Waals surface area contributed by atoms with Crippen molar-refractivity contribution in [1.82, 2.24) is 4.90 Å². The molecule has 1 heterocycles. The largest absolute Gasteiger partial charge is 0.507 e. The number of hydrogen-bond donors (Lipinski definition) is 1. The first-order valence-electron chi connectivity index (χ1n) is 6.63. The molecule has 0 atom stereocenters. The molecule has 0 bridgehead atoms. The van der Waals surface area contributed by atoms with Gasteiger partial charge in [-0.3, -0.25) is 9.69 Å². The van der Waals surface area contributed by atoms with Crippen molar-refractivity contribution in [3.05, 3.63) is 28.8 Å². The number of Topliss-reactive ketones (excluding diaryl/α,β-unsaturated/α-hetero) is 1. The number of phenolic OH excluding ortho intramolecular Hbond substituents is 1. The van der Waals surface area contributed by atoms with E-state index in [1.54, 1.807) is 13.0 Å². The Kier molecular flexibility index (Phi) is 4.02. The maximum Gasteiger partial charge on any atom is 0.159 e. The van der Waals surface area contributed by atoms with Gasteiger partial charge in [-0.2, -0.15) is 0 Å². The van der Waals surface area contributed by atoms with Crippen LogP contribution in [0.4, 0.5) is 0 Å². The molecule has 3 nitrogen and oxygen atoms in total. The topological polar surface area (TPSA) is 40.5 Å². The van der Waals surface area contributed by atoms with Crippen LogP contribution in [-0.4, -0.2) is 28.9 Å². The van der Waals surface area contributed by atoms with E-state index in [0.717, 1.165) is 30.8 Å². The molecule has 2 rings (SSSR count). The number of aromatic hydroxyl groups is 1. The number of piperidine rings is 1. The summed E-state index contributed by atoms with van der Waals surface area (Å²) in [5.41, 5.74) is 2.36. The van der Waals surface area contributed by atoms with Crippen molar-refractivity contribution in [3.63, 3.8) is 0 Å². The highest BCUT2D eigenvalue weighted by molar-refractivity contribution is 5.94. The van der Waals surface area contributed by atoms with E-state index < -0.39 is 0 Å². The lowest BCUT2D eigenvalue weighted by Crippen LogP contribution is -2.29. The van der Waals surface area contributed by atoms with E-state index in [9.17, 15) is 9.90 Å². The third-order valence-corrected chi connectivity index (χ3v) is 3.63. The predicted molar refractivity (Wildman–Crippen MR) is 72.0 cm³/mol. The normalized spacial score (nSPS) is 16.8.